The lowest BCUT2D eigenvalue weighted by Gasteiger charge is -2.22. The maximum absolute atomic E-state index is 5.19. The molecular formula is C12H17Br2NO2. The molecule has 1 aromatic rings. The Morgan fingerprint density at radius 3 is 2.35 bits per heavy atom. The van der Waals surface area contributed by atoms with Crippen LogP contribution in [-0.2, 0) is 16.0 Å². The highest BCUT2D eigenvalue weighted by Crippen LogP contribution is 2.23. The van der Waals surface area contributed by atoms with Crippen LogP contribution in [0.4, 0.5) is 0 Å². The summed E-state index contributed by atoms with van der Waals surface area (Å²) in [5.41, 5.74) is 1.21. The summed E-state index contributed by atoms with van der Waals surface area (Å²) < 4.78 is 12.5. The zero-order chi connectivity index (χ0) is 12.8. The molecule has 17 heavy (non-hydrogen) atoms. The second kappa shape index (κ2) is 7.48. The van der Waals surface area contributed by atoms with Crippen LogP contribution in [0.3, 0.4) is 0 Å². The highest BCUT2D eigenvalue weighted by molar-refractivity contribution is 9.13. The molecule has 1 N–H and O–H groups in total. The van der Waals surface area contributed by atoms with E-state index in [0.29, 0.717) is 0 Å². The molecule has 0 bridgehead atoms. The van der Waals surface area contributed by atoms with Gasteiger partial charge in [-0.2, -0.15) is 0 Å². The highest BCUT2D eigenvalue weighted by Gasteiger charge is 2.14. The van der Waals surface area contributed by atoms with Gasteiger partial charge in [-0.25, -0.2) is 0 Å². The maximum Gasteiger partial charge on any atom is 0.171 e. The van der Waals surface area contributed by atoms with E-state index in [-0.39, 0.29) is 12.3 Å². The summed E-state index contributed by atoms with van der Waals surface area (Å²) >= 11 is 6.93. The molecule has 1 aromatic carbocycles. The molecule has 0 aliphatic carbocycles. The summed E-state index contributed by atoms with van der Waals surface area (Å²) in [6, 6.07) is 6.31. The highest BCUT2D eigenvalue weighted by atomic mass is 79.9. The zero-order valence-corrected chi connectivity index (χ0v) is 13.3. The van der Waals surface area contributed by atoms with Gasteiger partial charge in [-0.3, -0.25) is 0 Å². The SMILES string of the molecule is COC(OC)C(C)NCc1ccc(Br)c(Br)c1. The standard InChI is InChI=1S/C12H17Br2NO2/c1-8(12(16-2)17-3)15-7-9-4-5-10(13)11(14)6-9/h4-6,8,12,15H,7H2,1-3H3. The Hall–Kier alpha value is 0.0600. The quantitative estimate of drug-likeness (QED) is 0.783. The number of hydrogen-bond donors (Lipinski definition) is 1. The summed E-state index contributed by atoms with van der Waals surface area (Å²) in [5, 5.41) is 3.36. The van der Waals surface area contributed by atoms with Gasteiger partial charge in [-0.05, 0) is 56.5 Å². The Morgan fingerprint density at radius 2 is 1.82 bits per heavy atom. The lowest BCUT2D eigenvalue weighted by molar-refractivity contribution is -0.119. The monoisotopic (exact) mass is 365 g/mol. The predicted molar refractivity (Wildman–Crippen MR) is 75.9 cm³/mol. The minimum atomic E-state index is -0.228. The van der Waals surface area contributed by atoms with Crippen LogP contribution in [0.25, 0.3) is 0 Å². The number of nitrogens with one attached hydrogen (secondary N) is 1. The first kappa shape index (κ1) is 15.1. The van der Waals surface area contributed by atoms with Gasteiger partial charge in [-0.15, -0.1) is 0 Å². The molecule has 5 heteroatoms. The molecule has 0 fully saturated rings. The van der Waals surface area contributed by atoms with Crippen molar-refractivity contribution in [2.45, 2.75) is 25.8 Å². The number of halogens is 2. The predicted octanol–water partition coefficient (Wildman–Crippen LogP) is 3.31. The first-order valence-corrected chi connectivity index (χ1v) is 6.90. The first-order chi connectivity index (χ1) is 8.08. The van der Waals surface area contributed by atoms with E-state index >= 15 is 0 Å². The van der Waals surface area contributed by atoms with Crippen LogP contribution in [0.2, 0.25) is 0 Å². The van der Waals surface area contributed by atoms with Crippen molar-refractivity contribution in [2.24, 2.45) is 0 Å². The third kappa shape index (κ3) is 4.67. The van der Waals surface area contributed by atoms with Crippen molar-refractivity contribution in [3.05, 3.63) is 32.7 Å². The third-order valence-electron chi connectivity index (χ3n) is 2.49. The van der Waals surface area contributed by atoms with Crippen molar-refractivity contribution in [1.29, 1.82) is 0 Å². The lowest BCUT2D eigenvalue weighted by Crippen LogP contribution is -2.39. The Morgan fingerprint density at radius 1 is 1.18 bits per heavy atom. The summed E-state index contributed by atoms with van der Waals surface area (Å²) in [5.74, 6) is 0. The number of hydrogen-bond acceptors (Lipinski definition) is 3. The molecule has 0 spiro atoms. The van der Waals surface area contributed by atoms with Crippen LogP contribution in [0.5, 0.6) is 0 Å². The van der Waals surface area contributed by atoms with Gasteiger partial charge in [0, 0.05) is 29.7 Å². The molecule has 0 radical (unpaired) electrons. The fourth-order valence-electron chi connectivity index (χ4n) is 1.53. The molecule has 1 rings (SSSR count). The fraction of sp³-hybridized carbons (Fsp3) is 0.500. The van der Waals surface area contributed by atoms with Crippen LogP contribution >= 0.6 is 31.9 Å². The largest absolute Gasteiger partial charge is 0.354 e. The first-order valence-electron chi connectivity index (χ1n) is 5.31. The van der Waals surface area contributed by atoms with Gasteiger partial charge in [0.1, 0.15) is 0 Å². The summed E-state index contributed by atoms with van der Waals surface area (Å²) in [4.78, 5) is 0. The molecule has 0 aromatic heterocycles. The van der Waals surface area contributed by atoms with Crippen LogP contribution in [0.1, 0.15) is 12.5 Å². The molecule has 1 atom stereocenters. The minimum absolute atomic E-state index is 0.132. The zero-order valence-electron chi connectivity index (χ0n) is 10.2. The topological polar surface area (TPSA) is 30.5 Å². The average Bonchev–Trinajstić information content (AvgIpc) is 2.32. The number of rotatable bonds is 6. The van der Waals surface area contributed by atoms with Gasteiger partial charge in [0.05, 0.1) is 6.04 Å². The van der Waals surface area contributed by atoms with E-state index in [0.717, 1.165) is 15.5 Å². The second-order valence-corrected chi connectivity index (χ2v) is 5.47. The molecule has 0 saturated carbocycles. The van der Waals surface area contributed by atoms with Crippen LogP contribution in [0.15, 0.2) is 27.1 Å². The van der Waals surface area contributed by atoms with Crippen LogP contribution in [-0.4, -0.2) is 26.6 Å². The van der Waals surface area contributed by atoms with E-state index in [1.54, 1.807) is 14.2 Å². The van der Waals surface area contributed by atoms with Gasteiger partial charge in [0.15, 0.2) is 6.29 Å². The van der Waals surface area contributed by atoms with Crippen molar-refractivity contribution in [1.82, 2.24) is 5.32 Å². The fourth-order valence-corrected chi connectivity index (χ4v) is 2.20. The van der Waals surface area contributed by atoms with Crippen molar-refractivity contribution in [3.8, 4) is 0 Å². The molecule has 0 aliphatic rings. The van der Waals surface area contributed by atoms with E-state index in [1.165, 1.54) is 5.56 Å². The van der Waals surface area contributed by atoms with Crippen molar-refractivity contribution in [2.75, 3.05) is 14.2 Å². The lowest BCUT2D eigenvalue weighted by atomic mass is 10.2. The Balaban J connectivity index is 2.52. The van der Waals surface area contributed by atoms with E-state index in [4.69, 9.17) is 9.47 Å². The van der Waals surface area contributed by atoms with E-state index in [1.807, 2.05) is 13.0 Å². The van der Waals surface area contributed by atoms with E-state index in [9.17, 15) is 0 Å². The van der Waals surface area contributed by atoms with Gasteiger partial charge in [0.25, 0.3) is 0 Å². The van der Waals surface area contributed by atoms with Crippen molar-refractivity contribution in [3.63, 3.8) is 0 Å². The Bertz CT molecular complexity index is 356. The summed E-state index contributed by atoms with van der Waals surface area (Å²) in [6.07, 6.45) is -0.228. The van der Waals surface area contributed by atoms with Crippen LogP contribution in [0, 0.1) is 0 Å². The molecule has 3 nitrogen and oxygen atoms in total. The Kier molecular flexibility index (Phi) is 6.66. The van der Waals surface area contributed by atoms with E-state index in [2.05, 4.69) is 49.3 Å². The molecule has 96 valence electrons. The molecule has 1 unspecified atom stereocenters. The maximum atomic E-state index is 5.19. The van der Waals surface area contributed by atoms with Gasteiger partial charge in [0.2, 0.25) is 0 Å². The smallest absolute Gasteiger partial charge is 0.171 e. The van der Waals surface area contributed by atoms with Crippen LogP contribution < -0.4 is 5.32 Å². The molecule has 0 aliphatic heterocycles. The molecule has 0 amide bonds. The third-order valence-corrected chi connectivity index (χ3v) is 4.36. The summed E-state index contributed by atoms with van der Waals surface area (Å²) in [6.45, 7) is 2.81. The summed E-state index contributed by atoms with van der Waals surface area (Å²) in [7, 11) is 3.28. The molecular weight excluding hydrogens is 350 g/mol. The molecule has 0 heterocycles. The number of methoxy groups -OCH3 is 2. The van der Waals surface area contributed by atoms with Gasteiger partial charge < -0.3 is 14.8 Å². The minimum Gasteiger partial charge on any atom is -0.354 e. The van der Waals surface area contributed by atoms with Crippen molar-refractivity contribution >= 4 is 31.9 Å². The van der Waals surface area contributed by atoms with Gasteiger partial charge in [-0.1, -0.05) is 6.07 Å². The number of benzene rings is 1. The Labute approximate surface area is 119 Å². The normalized spacial score (nSPS) is 13.1. The average molecular weight is 367 g/mol. The second-order valence-electron chi connectivity index (χ2n) is 3.76. The van der Waals surface area contributed by atoms with Gasteiger partial charge >= 0.3 is 0 Å². The molecule has 0 saturated heterocycles. The van der Waals surface area contributed by atoms with Crippen molar-refractivity contribution < 1.29 is 9.47 Å². The number of ether oxygens (including phenoxy) is 2. The van der Waals surface area contributed by atoms with E-state index < -0.39 is 0 Å².